The molecular weight excluding hydrogens is 264 g/mol. The molecule has 0 saturated carbocycles. The lowest BCUT2D eigenvalue weighted by molar-refractivity contribution is 0.724. The van der Waals surface area contributed by atoms with Crippen LogP contribution in [-0.4, -0.2) is 41.1 Å². The highest BCUT2D eigenvalue weighted by molar-refractivity contribution is 6.29. The van der Waals surface area contributed by atoms with E-state index in [0.29, 0.717) is 10.7 Å². The summed E-state index contributed by atoms with van der Waals surface area (Å²) in [6.07, 6.45) is 1.06. The molecule has 1 saturated heterocycles. The smallest absolute Gasteiger partial charge is 0.222 e. The lowest BCUT2D eigenvalue weighted by atomic mass is 10.3. The molecule has 7 heteroatoms. The van der Waals surface area contributed by atoms with Crippen molar-refractivity contribution in [1.29, 1.82) is 0 Å². The number of fused-ring (bicyclic) bond motifs is 1. The van der Waals surface area contributed by atoms with Gasteiger partial charge in [0.05, 0.1) is 5.52 Å². The maximum atomic E-state index is 5.97. The van der Waals surface area contributed by atoms with E-state index in [1.807, 2.05) is 6.07 Å². The minimum absolute atomic E-state index is 0.267. The molecule has 0 unspecified atom stereocenters. The van der Waals surface area contributed by atoms with Crippen LogP contribution in [0.4, 0.5) is 11.8 Å². The number of anilines is 2. The molecule has 6 nitrogen and oxygen atoms in total. The molecule has 0 atom stereocenters. The first-order chi connectivity index (χ1) is 9.24. The second-order valence-corrected chi connectivity index (χ2v) is 4.88. The van der Waals surface area contributed by atoms with E-state index in [1.54, 1.807) is 6.07 Å². The summed E-state index contributed by atoms with van der Waals surface area (Å²) in [6.45, 7) is 3.74. The molecule has 0 aliphatic carbocycles. The van der Waals surface area contributed by atoms with Crippen LogP contribution in [0.3, 0.4) is 0 Å². The van der Waals surface area contributed by atoms with Crippen molar-refractivity contribution in [2.75, 3.05) is 36.8 Å². The van der Waals surface area contributed by atoms with Crippen LogP contribution in [0.25, 0.3) is 11.0 Å². The van der Waals surface area contributed by atoms with E-state index in [-0.39, 0.29) is 5.95 Å². The minimum Gasteiger partial charge on any atom is -0.368 e. The molecule has 0 amide bonds. The summed E-state index contributed by atoms with van der Waals surface area (Å²) in [5.41, 5.74) is 7.22. The van der Waals surface area contributed by atoms with Gasteiger partial charge in [0, 0.05) is 19.6 Å². The SMILES string of the molecule is Nc1nc(N2CCCNCC2)c2nc(Cl)ccc2n1. The van der Waals surface area contributed by atoms with Gasteiger partial charge < -0.3 is 16.0 Å². The zero-order valence-corrected chi connectivity index (χ0v) is 11.2. The van der Waals surface area contributed by atoms with E-state index < -0.39 is 0 Å². The molecule has 0 radical (unpaired) electrons. The Labute approximate surface area is 116 Å². The topological polar surface area (TPSA) is 80.0 Å². The fraction of sp³-hybridized carbons (Fsp3) is 0.417. The quantitative estimate of drug-likeness (QED) is 0.760. The largest absolute Gasteiger partial charge is 0.368 e. The second kappa shape index (κ2) is 5.14. The van der Waals surface area contributed by atoms with E-state index in [2.05, 4.69) is 25.2 Å². The van der Waals surface area contributed by atoms with Crippen molar-refractivity contribution in [2.24, 2.45) is 0 Å². The predicted molar refractivity (Wildman–Crippen MR) is 76.5 cm³/mol. The highest BCUT2D eigenvalue weighted by Crippen LogP contribution is 2.24. The lowest BCUT2D eigenvalue weighted by Gasteiger charge is -2.22. The molecule has 1 aliphatic rings. The minimum atomic E-state index is 0.267. The third-order valence-electron chi connectivity index (χ3n) is 3.15. The molecule has 0 aromatic carbocycles. The summed E-state index contributed by atoms with van der Waals surface area (Å²) < 4.78 is 0. The molecule has 1 fully saturated rings. The Morgan fingerprint density at radius 2 is 2.05 bits per heavy atom. The number of halogens is 1. The van der Waals surface area contributed by atoms with Crippen molar-refractivity contribution in [3.63, 3.8) is 0 Å². The molecule has 1 aliphatic heterocycles. The van der Waals surface area contributed by atoms with Crippen LogP contribution in [0.2, 0.25) is 5.15 Å². The Kier molecular flexibility index (Phi) is 3.35. The molecule has 3 heterocycles. The number of rotatable bonds is 1. The molecular formula is C12H15ClN6. The lowest BCUT2D eigenvalue weighted by Crippen LogP contribution is -2.29. The fourth-order valence-corrected chi connectivity index (χ4v) is 2.42. The first-order valence-electron chi connectivity index (χ1n) is 6.29. The van der Waals surface area contributed by atoms with Crippen molar-refractivity contribution in [1.82, 2.24) is 20.3 Å². The van der Waals surface area contributed by atoms with E-state index >= 15 is 0 Å². The maximum Gasteiger partial charge on any atom is 0.222 e. The van der Waals surface area contributed by atoms with Crippen LogP contribution in [0.15, 0.2) is 12.1 Å². The number of nitrogens with two attached hydrogens (primary N) is 1. The van der Waals surface area contributed by atoms with Crippen molar-refractivity contribution in [2.45, 2.75) is 6.42 Å². The van der Waals surface area contributed by atoms with Gasteiger partial charge >= 0.3 is 0 Å². The van der Waals surface area contributed by atoms with Gasteiger partial charge in [-0.1, -0.05) is 11.6 Å². The number of aromatic nitrogens is 3. The Hall–Kier alpha value is -1.66. The number of nitrogens with zero attached hydrogens (tertiary/aromatic N) is 4. The van der Waals surface area contributed by atoms with Gasteiger partial charge in [0.25, 0.3) is 0 Å². The maximum absolute atomic E-state index is 5.97. The van der Waals surface area contributed by atoms with Crippen molar-refractivity contribution >= 4 is 34.4 Å². The monoisotopic (exact) mass is 278 g/mol. The summed E-state index contributed by atoms with van der Waals surface area (Å²) >= 11 is 5.97. The normalized spacial score (nSPS) is 16.6. The zero-order chi connectivity index (χ0) is 13.2. The number of hydrogen-bond donors (Lipinski definition) is 2. The summed E-state index contributed by atoms with van der Waals surface area (Å²) in [7, 11) is 0. The van der Waals surface area contributed by atoms with Crippen LogP contribution in [0.1, 0.15) is 6.42 Å². The third kappa shape index (κ3) is 2.54. The summed E-state index contributed by atoms with van der Waals surface area (Å²) in [4.78, 5) is 15.1. The van der Waals surface area contributed by atoms with E-state index in [9.17, 15) is 0 Å². The molecule has 0 bridgehead atoms. The van der Waals surface area contributed by atoms with Gasteiger partial charge in [-0.25, -0.2) is 9.97 Å². The molecule has 100 valence electrons. The van der Waals surface area contributed by atoms with Crippen LogP contribution in [0.5, 0.6) is 0 Å². The van der Waals surface area contributed by atoms with Gasteiger partial charge in [0.1, 0.15) is 10.7 Å². The predicted octanol–water partition coefficient (Wildman–Crippen LogP) is 1.06. The highest BCUT2D eigenvalue weighted by Gasteiger charge is 2.16. The average Bonchev–Trinajstić information content (AvgIpc) is 2.67. The average molecular weight is 279 g/mol. The Balaban J connectivity index is 2.12. The van der Waals surface area contributed by atoms with Gasteiger partial charge in [-0.15, -0.1) is 0 Å². The van der Waals surface area contributed by atoms with Crippen LogP contribution in [0, 0.1) is 0 Å². The molecule has 0 spiro atoms. The molecule has 2 aromatic heterocycles. The van der Waals surface area contributed by atoms with E-state index in [4.69, 9.17) is 17.3 Å². The third-order valence-corrected chi connectivity index (χ3v) is 3.36. The summed E-state index contributed by atoms with van der Waals surface area (Å²) in [5.74, 6) is 1.04. The van der Waals surface area contributed by atoms with Gasteiger partial charge in [-0.3, -0.25) is 0 Å². The standard InChI is InChI=1S/C12H15ClN6/c13-9-3-2-8-10(17-9)11(18-12(14)16-8)19-6-1-4-15-5-7-19/h2-3,15H,1,4-7H2,(H2,14,16,18). The molecule has 2 aromatic rings. The zero-order valence-electron chi connectivity index (χ0n) is 10.4. The van der Waals surface area contributed by atoms with E-state index in [0.717, 1.165) is 43.9 Å². The highest BCUT2D eigenvalue weighted by atomic mass is 35.5. The molecule has 19 heavy (non-hydrogen) atoms. The van der Waals surface area contributed by atoms with Gasteiger partial charge in [0.2, 0.25) is 5.95 Å². The molecule has 3 N–H and O–H groups in total. The Morgan fingerprint density at radius 3 is 2.95 bits per heavy atom. The Morgan fingerprint density at radius 1 is 1.16 bits per heavy atom. The molecule has 3 rings (SSSR count). The number of nitrogens with one attached hydrogen (secondary N) is 1. The summed E-state index contributed by atoms with van der Waals surface area (Å²) in [6, 6.07) is 3.53. The first kappa shape index (κ1) is 12.4. The second-order valence-electron chi connectivity index (χ2n) is 4.50. The van der Waals surface area contributed by atoms with Crippen molar-refractivity contribution in [3.05, 3.63) is 17.3 Å². The fourth-order valence-electron chi connectivity index (χ4n) is 2.27. The number of hydrogen-bond acceptors (Lipinski definition) is 6. The summed E-state index contributed by atoms with van der Waals surface area (Å²) in [5, 5.41) is 3.80. The van der Waals surface area contributed by atoms with Crippen LogP contribution >= 0.6 is 11.6 Å². The Bertz CT molecular complexity index is 594. The van der Waals surface area contributed by atoms with Gasteiger partial charge in [-0.05, 0) is 25.1 Å². The van der Waals surface area contributed by atoms with Gasteiger partial charge in [-0.2, -0.15) is 4.98 Å². The number of pyridine rings is 1. The van der Waals surface area contributed by atoms with Gasteiger partial charge in [0.15, 0.2) is 5.82 Å². The van der Waals surface area contributed by atoms with E-state index in [1.165, 1.54) is 0 Å². The van der Waals surface area contributed by atoms with Crippen molar-refractivity contribution < 1.29 is 0 Å². The van der Waals surface area contributed by atoms with Crippen LogP contribution < -0.4 is 16.0 Å². The van der Waals surface area contributed by atoms with Crippen molar-refractivity contribution in [3.8, 4) is 0 Å². The van der Waals surface area contributed by atoms with Crippen LogP contribution in [-0.2, 0) is 0 Å². The first-order valence-corrected chi connectivity index (χ1v) is 6.67. The number of nitrogen functional groups attached to an aromatic ring is 1.